The van der Waals surface area contributed by atoms with Crippen molar-refractivity contribution in [3.63, 3.8) is 0 Å². The van der Waals surface area contributed by atoms with E-state index in [0.29, 0.717) is 12.4 Å². The molecule has 2 heterocycles. The van der Waals surface area contributed by atoms with Crippen molar-refractivity contribution in [2.75, 3.05) is 5.32 Å². The summed E-state index contributed by atoms with van der Waals surface area (Å²) in [6.07, 6.45) is 6.11. The standard InChI is InChI=1S/C12H16N4OS/c1-3-5-16-6-4-13-11(12(16)17)15-8-10-7-14-9(2)18-10/h4,6-7H,3,5,8H2,1-2H3,(H,13,15). The van der Waals surface area contributed by atoms with Crippen LogP contribution in [0.2, 0.25) is 0 Å². The highest BCUT2D eigenvalue weighted by Gasteiger charge is 2.05. The van der Waals surface area contributed by atoms with Crippen LogP contribution in [0.25, 0.3) is 0 Å². The van der Waals surface area contributed by atoms with E-state index < -0.39 is 0 Å². The molecule has 0 aliphatic rings. The first-order chi connectivity index (χ1) is 8.70. The first-order valence-corrected chi connectivity index (χ1v) is 6.73. The van der Waals surface area contributed by atoms with Gasteiger partial charge in [-0.1, -0.05) is 6.92 Å². The maximum absolute atomic E-state index is 12.0. The topological polar surface area (TPSA) is 59.8 Å². The monoisotopic (exact) mass is 264 g/mol. The third-order valence-electron chi connectivity index (χ3n) is 2.48. The van der Waals surface area contributed by atoms with Gasteiger partial charge < -0.3 is 9.88 Å². The predicted octanol–water partition coefficient (Wildman–Crippen LogP) is 2.03. The van der Waals surface area contributed by atoms with Crippen molar-refractivity contribution in [3.8, 4) is 0 Å². The van der Waals surface area contributed by atoms with Gasteiger partial charge in [0.25, 0.3) is 5.56 Å². The number of rotatable bonds is 5. The molecule has 5 nitrogen and oxygen atoms in total. The van der Waals surface area contributed by atoms with Gasteiger partial charge in [-0.3, -0.25) is 4.79 Å². The van der Waals surface area contributed by atoms with Gasteiger partial charge in [-0.2, -0.15) is 0 Å². The number of aryl methyl sites for hydroxylation is 2. The van der Waals surface area contributed by atoms with Gasteiger partial charge in [0, 0.05) is 30.0 Å². The zero-order valence-electron chi connectivity index (χ0n) is 10.5. The van der Waals surface area contributed by atoms with E-state index in [1.54, 1.807) is 28.3 Å². The zero-order valence-corrected chi connectivity index (χ0v) is 11.3. The average molecular weight is 264 g/mol. The highest BCUT2D eigenvalue weighted by Crippen LogP contribution is 2.12. The van der Waals surface area contributed by atoms with Crippen molar-refractivity contribution in [1.29, 1.82) is 0 Å². The Morgan fingerprint density at radius 3 is 2.94 bits per heavy atom. The van der Waals surface area contributed by atoms with Gasteiger partial charge in [-0.15, -0.1) is 11.3 Å². The first kappa shape index (κ1) is 12.8. The Balaban J connectivity index is 2.09. The molecule has 18 heavy (non-hydrogen) atoms. The van der Waals surface area contributed by atoms with Crippen LogP contribution in [0.15, 0.2) is 23.4 Å². The van der Waals surface area contributed by atoms with Gasteiger partial charge in [0.05, 0.1) is 11.6 Å². The normalized spacial score (nSPS) is 10.6. The Bertz CT molecular complexity index is 575. The van der Waals surface area contributed by atoms with Crippen molar-refractivity contribution in [1.82, 2.24) is 14.5 Å². The van der Waals surface area contributed by atoms with Crippen molar-refractivity contribution < 1.29 is 0 Å². The number of hydrogen-bond donors (Lipinski definition) is 1. The van der Waals surface area contributed by atoms with E-state index in [9.17, 15) is 4.79 Å². The first-order valence-electron chi connectivity index (χ1n) is 5.91. The van der Waals surface area contributed by atoms with Crippen LogP contribution in [0.4, 0.5) is 5.82 Å². The molecule has 0 radical (unpaired) electrons. The molecule has 0 saturated heterocycles. The summed E-state index contributed by atoms with van der Waals surface area (Å²) in [4.78, 5) is 21.4. The van der Waals surface area contributed by atoms with Crippen LogP contribution in [0.5, 0.6) is 0 Å². The highest BCUT2D eigenvalue weighted by molar-refractivity contribution is 7.11. The third-order valence-corrected chi connectivity index (χ3v) is 3.39. The van der Waals surface area contributed by atoms with Crippen LogP contribution in [0.3, 0.4) is 0 Å². The van der Waals surface area contributed by atoms with Crippen LogP contribution in [0, 0.1) is 6.92 Å². The summed E-state index contributed by atoms with van der Waals surface area (Å²) in [6, 6.07) is 0. The highest BCUT2D eigenvalue weighted by atomic mass is 32.1. The lowest BCUT2D eigenvalue weighted by Crippen LogP contribution is -2.24. The maximum Gasteiger partial charge on any atom is 0.293 e. The summed E-state index contributed by atoms with van der Waals surface area (Å²) in [7, 11) is 0. The Labute approximate surface area is 110 Å². The number of aromatic nitrogens is 3. The smallest absolute Gasteiger partial charge is 0.293 e. The van der Waals surface area contributed by atoms with Crippen LogP contribution >= 0.6 is 11.3 Å². The summed E-state index contributed by atoms with van der Waals surface area (Å²) in [5.74, 6) is 0.400. The number of nitrogens with zero attached hydrogens (tertiary/aromatic N) is 3. The van der Waals surface area contributed by atoms with E-state index in [1.165, 1.54) is 0 Å². The molecule has 2 aromatic rings. The average Bonchev–Trinajstić information content (AvgIpc) is 2.77. The molecule has 2 rings (SSSR count). The fraction of sp³-hybridized carbons (Fsp3) is 0.417. The molecule has 0 amide bonds. The molecule has 6 heteroatoms. The second-order valence-corrected chi connectivity index (χ2v) is 5.29. The van der Waals surface area contributed by atoms with Gasteiger partial charge in [0.2, 0.25) is 0 Å². The van der Waals surface area contributed by atoms with Crippen LogP contribution < -0.4 is 10.9 Å². The number of hydrogen-bond acceptors (Lipinski definition) is 5. The summed E-state index contributed by atoms with van der Waals surface area (Å²) in [5.41, 5.74) is -0.0689. The van der Waals surface area contributed by atoms with Gasteiger partial charge in [-0.25, -0.2) is 9.97 Å². The quantitative estimate of drug-likeness (QED) is 0.897. The molecular formula is C12H16N4OS. The minimum Gasteiger partial charge on any atom is -0.361 e. The van der Waals surface area contributed by atoms with E-state index in [4.69, 9.17) is 0 Å². The summed E-state index contributed by atoms with van der Waals surface area (Å²) < 4.78 is 1.67. The molecule has 0 aromatic carbocycles. The third kappa shape index (κ3) is 2.95. The van der Waals surface area contributed by atoms with E-state index >= 15 is 0 Å². The molecule has 0 bridgehead atoms. The Morgan fingerprint density at radius 2 is 2.28 bits per heavy atom. The molecule has 0 fully saturated rings. The zero-order chi connectivity index (χ0) is 13.0. The SMILES string of the molecule is CCCn1ccnc(NCc2cnc(C)s2)c1=O. The van der Waals surface area contributed by atoms with Gasteiger partial charge in [0.15, 0.2) is 5.82 Å². The Morgan fingerprint density at radius 1 is 1.44 bits per heavy atom. The number of anilines is 1. The van der Waals surface area contributed by atoms with E-state index in [-0.39, 0.29) is 5.56 Å². The van der Waals surface area contributed by atoms with Crippen molar-refractivity contribution in [2.24, 2.45) is 0 Å². The fourth-order valence-corrected chi connectivity index (χ4v) is 2.38. The van der Waals surface area contributed by atoms with Crippen molar-refractivity contribution >= 4 is 17.2 Å². The lowest BCUT2D eigenvalue weighted by molar-refractivity contribution is 0.649. The summed E-state index contributed by atoms with van der Waals surface area (Å²) in [6.45, 7) is 5.31. The van der Waals surface area contributed by atoms with E-state index in [0.717, 1.165) is 22.9 Å². The van der Waals surface area contributed by atoms with Crippen LogP contribution in [0.1, 0.15) is 23.2 Å². The number of thiazole rings is 1. The van der Waals surface area contributed by atoms with Crippen molar-refractivity contribution in [2.45, 2.75) is 33.4 Å². The van der Waals surface area contributed by atoms with Crippen LogP contribution in [-0.4, -0.2) is 14.5 Å². The molecular weight excluding hydrogens is 248 g/mol. The molecule has 0 saturated carbocycles. The Hall–Kier alpha value is -1.69. The van der Waals surface area contributed by atoms with Gasteiger partial charge in [0.1, 0.15) is 0 Å². The van der Waals surface area contributed by atoms with Gasteiger partial charge in [-0.05, 0) is 13.3 Å². The summed E-state index contributed by atoms with van der Waals surface area (Å²) in [5, 5.41) is 4.09. The second kappa shape index (κ2) is 5.77. The maximum atomic E-state index is 12.0. The summed E-state index contributed by atoms with van der Waals surface area (Å²) >= 11 is 1.62. The Kier molecular flexibility index (Phi) is 4.09. The molecule has 0 aliphatic carbocycles. The second-order valence-electron chi connectivity index (χ2n) is 3.97. The number of nitrogens with one attached hydrogen (secondary N) is 1. The van der Waals surface area contributed by atoms with Crippen LogP contribution in [-0.2, 0) is 13.1 Å². The largest absolute Gasteiger partial charge is 0.361 e. The van der Waals surface area contributed by atoms with E-state index in [1.807, 2.05) is 20.0 Å². The molecule has 2 aromatic heterocycles. The lowest BCUT2D eigenvalue weighted by atomic mass is 10.4. The molecule has 0 atom stereocenters. The van der Waals surface area contributed by atoms with Crippen molar-refractivity contribution in [3.05, 3.63) is 38.8 Å². The lowest BCUT2D eigenvalue weighted by Gasteiger charge is -2.06. The molecule has 1 N–H and O–H groups in total. The van der Waals surface area contributed by atoms with Gasteiger partial charge >= 0.3 is 0 Å². The van der Waals surface area contributed by atoms with E-state index in [2.05, 4.69) is 15.3 Å². The predicted molar refractivity (Wildman–Crippen MR) is 73.0 cm³/mol. The minimum atomic E-state index is -0.0689. The minimum absolute atomic E-state index is 0.0689. The molecule has 0 spiro atoms. The fourth-order valence-electron chi connectivity index (χ4n) is 1.64. The molecule has 96 valence electrons. The molecule has 0 aliphatic heterocycles. The molecule has 0 unspecified atom stereocenters.